The first-order chi connectivity index (χ1) is 13.1. The van der Waals surface area contributed by atoms with Crippen molar-refractivity contribution in [2.45, 2.75) is 13.2 Å². The Morgan fingerprint density at radius 1 is 1.19 bits per heavy atom. The van der Waals surface area contributed by atoms with Gasteiger partial charge in [-0.15, -0.1) is 16.4 Å². The third-order valence-electron chi connectivity index (χ3n) is 4.06. The lowest BCUT2D eigenvalue weighted by molar-refractivity contribution is 0.240. The Kier molecular flexibility index (Phi) is 5.02. The van der Waals surface area contributed by atoms with Crippen LogP contribution < -0.4 is 4.74 Å². The van der Waals surface area contributed by atoms with Crippen LogP contribution in [0.4, 0.5) is 0 Å². The number of fused-ring (bicyclic) bond motifs is 1. The molecule has 0 spiro atoms. The summed E-state index contributed by atoms with van der Waals surface area (Å²) >= 11 is 7.03. The summed E-state index contributed by atoms with van der Waals surface area (Å²) in [5.41, 5.74) is 1.89. The molecule has 0 aliphatic heterocycles. The van der Waals surface area contributed by atoms with Gasteiger partial charge in [0.2, 0.25) is 5.89 Å². The van der Waals surface area contributed by atoms with E-state index in [4.69, 9.17) is 21.4 Å². The molecule has 4 aromatic rings. The lowest BCUT2D eigenvalue weighted by atomic mass is 10.2. The van der Waals surface area contributed by atoms with E-state index in [2.05, 4.69) is 21.0 Å². The molecule has 0 unspecified atom stereocenters. The number of benzene rings is 2. The van der Waals surface area contributed by atoms with E-state index in [9.17, 15) is 0 Å². The molecule has 2 aromatic carbocycles. The Morgan fingerprint density at radius 3 is 2.70 bits per heavy atom. The van der Waals surface area contributed by atoms with Gasteiger partial charge in [0.25, 0.3) is 4.84 Å². The summed E-state index contributed by atoms with van der Waals surface area (Å²) in [5.74, 6) is 1.28. The van der Waals surface area contributed by atoms with E-state index in [0.29, 0.717) is 23.9 Å². The van der Waals surface area contributed by atoms with Crippen molar-refractivity contribution in [1.29, 1.82) is 0 Å². The number of hydrogen-bond acceptors (Lipinski definition) is 7. The highest BCUT2D eigenvalue weighted by Crippen LogP contribution is 2.23. The Balaban J connectivity index is 1.48. The van der Waals surface area contributed by atoms with Crippen LogP contribution >= 0.6 is 23.6 Å². The Labute approximate surface area is 165 Å². The monoisotopic (exact) mass is 398 g/mol. The molecule has 0 saturated heterocycles. The molecule has 0 amide bonds. The third kappa shape index (κ3) is 3.92. The molecule has 0 N–H and O–H groups in total. The largest absolute Gasteiger partial charge is 0.497 e. The first-order valence-corrected chi connectivity index (χ1v) is 9.60. The van der Waals surface area contributed by atoms with Crippen molar-refractivity contribution in [2.75, 3.05) is 14.2 Å². The summed E-state index contributed by atoms with van der Waals surface area (Å²) < 4.78 is 13.7. The molecule has 4 rings (SSSR count). The molecule has 6 nitrogen and oxygen atoms in total. The van der Waals surface area contributed by atoms with Gasteiger partial charge in [-0.1, -0.05) is 12.1 Å². The minimum absolute atomic E-state index is 0.344. The van der Waals surface area contributed by atoms with Crippen LogP contribution in [0.25, 0.3) is 21.7 Å². The minimum atomic E-state index is 0.344. The highest BCUT2D eigenvalue weighted by atomic mass is 32.1. The lowest BCUT2D eigenvalue weighted by Gasteiger charge is -2.13. The van der Waals surface area contributed by atoms with E-state index in [1.807, 2.05) is 49.5 Å². The minimum Gasteiger partial charge on any atom is -0.497 e. The van der Waals surface area contributed by atoms with Crippen LogP contribution in [-0.2, 0) is 13.2 Å². The summed E-state index contributed by atoms with van der Waals surface area (Å²) in [6, 6.07) is 15.7. The number of ether oxygens (including phenoxy) is 1. The molecule has 27 heavy (non-hydrogen) atoms. The second-order valence-electron chi connectivity index (χ2n) is 6.13. The summed E-state index contributed by atoms with van der Waals surface area (Å²) in [6.45, 7) is 1.24. The van der Waals surface area contributed by atoms with Crippen LogP contribution in [0.3, 0.4) is 0 Å². The molecule has 0 fully saturated rings. The van der Waals surface area contributed by atoms with Gasteiger partial charge in [-0.25, -0.2) is 9.67 Å². The number of rotatable bonds is 6. The Morgan fingerprint density at radius 2 is 1.96 bits per heavy atom. The molecule has 8 heteroatoms. The van der Waals surface area contributed by atoms with Gasteiger partial charge in [-0.2, -0.15) is 0 Å². The van der Waals surface area contributed by atoms with Gasteiger partial charge in [0.1, 0.15) is 10.8 Å². The highest BCUT2D eigenvalue weighted by Gasteiger charge is 2.12. The second kappa shape index (κ2) is 7.59. The average molecular weight is 399 g/mol. The molecule has 0 radical (unpaired) electrons. The fourth-order valence-corrected chi connectivity index (χ4v) is 3.97. The SMILES string of the molecule is COc1ccc(-c2nn(CN(C)Cc3nc4ccccc4s3)c(=S)o2)cc1. The Bertz CT molecular complexity index is 1080. The number of nitrogens with zero attached hydrogens (tertiary/aromatic N) is 4. The van der Waals surface area contributed by atoms with Crippen molar-refractivity contribution in [3.63, 3.8) is 0 Å². The van der Waals surface area contributed by atoms with Crippen molar-refractivity contribution >= 4 is 33.8 Å². The summed E-state index contributed by atoms with van der Waals surface area (Å²) in [6.07, 6.45) is 0. The molecule has 0 bridgehead atoms. The van der Waals surface area contributed by atoms with E-state index >= 15 is 0 Å². The standard InChI is InChI=1S/C19H18N4O2S2/c1-22(11-17-20-15-5-3-4-6-16(15)27-17)12-23-19(26)25-18(21-23)13-7-9-14(24-2)10-8-13/h3-10H,11-12H2,1-2H3. The maximum Gasteiger partial charge on any atom is 0.288 e. The van der Waals surface area contributed by atoms with Gasteiger partial charge in [0.15, 0.2) is 0 Å². The Hall–Kier alpha value is -2.55. The van der Waals surface area contributed by atoms with Crippen LogP contribution in [0.1, 0.15) is 5.01 Å². The number of para-hydroxylation sites is 1. The van der Waals surface area contributed by atoms with Crippen LogP contribution in [0, 0.1) is 4.84 Å². The second-order valence-corrected chi connectivity index (χ2v) is 7.60. The third-order valence-corrected chi connectivity index (χ3v) is 5.38. The van der Waals surface area contributed by atoms with Crippen molar-refractivity contribution < 1.29 is 9.15 Å². The first kappa shape index (κ1) is 17.8. The summed E-state index contributed by atoms with van der Waals surface area (Å²) in [7, 11) is 3.65. The first-order valence-electron chi connectivity index (χ1n) is 8.38. The zero-order valence-electron chi connectivity index (χ0n) is 15.0. The molecule has 0 atom stereocenters. The molecular weight excluding hydrogens is 380 g/mol. The zero-order valence-corrected chi connectivity index (χ0v) is 16.6. The van der Waals surface area contributed by atoms with Gasteiger partial charge in [-0.05, 0) is 55.7 Å². The quantitative estimate of drug-likeness (QED) is 0.443. The zero-order chi connectivity index (χ0) is 18.8. The smallest absolute Gasteiger partial charge is 0.288 e. The number of hydrogen-bond donors (Lipinski definition) is 0. The van der Waals surface area contributed by atoms with Gasteiger partial charge >= 0.3 is 0 Å². The molecular formula is C19H18N4O2S2. The van der Waals surface area contributed by atoms with Crippen LogP contribution in [0.2, 0.25) is 0 Å². The molecule has 0 aliphatic rings. The molecule has 0 saturated carbocycles. The van der Waals surface area contributed by atoms with E-state index in [-0.39, 0.29) is 0 Å². The topological polar surface area (TPSA) is 56.3 Å². The van der Waals surface area contributed by atoms with E-state index in [1.165, 1.54) is 4.70 Å². The summed E-state index contributed by atoms with van der Waals surface area (Å²) in [5, 5.41) is 5.57. The van der Waals surface area contributed by atoms with Gasteiger partial charge in [0, 0.05) is 5.56 Å². The maximum atomic E-state index is 5.66. The molecule has 0 aliphatic carbocycles. The van der Waals surface area contributed by atoms with Crippen molar-refractivity contribution in [3.8, 4) is 17.2 Å². The van der Waals surface area contributed by atoms with Crippen LogP contribution in [0.5, 0.6) is 5.75 Å². The van der Waals surface area contributed by atoms with Gasteiger partial charge < -0.3 is 9.15 Å². The van der Waals surface area contributed by atoms with E-state index < -0.39 is 0 Å². The predicted molar refractivity (Wildman–Crippen MR) is 108 cm³/mol. The number of methoxy groups -OCH3 is 1. The van der Waals surface area contributed by atoms with Crippen LogP contribution in [-0.4, -0.2) is 33.8 Å². The number of thiazole rings is 1. The van der Waals surface area contributed by atoms with Gasteiger partial charge in [-0.3, -0.25) is 4.90 Å². The normalized spacial score (nSPS) is 11.4. The van der Waals surface area contributed by atoms with Crippen molar-refractivity contribution in [3.05, 3.63) is 58.4 Å². The molecule has 2 heterocycles. The van der Waals surface area contributed by atoms with E-state index in [0.717, 1.165) is 21.8 Å². The molecule has 2 aromatic heterocycles. The molecule has 138 valence electrons. The fourth-order valence-electron chi connectivity index (χ4n) is 2.74. The average Bonchev–Trinajstić information content (AvgIpc) is 3.24. The fraction of sp³-hybridized carbons (Fsp3) is 0.211. The predicted octanol–water partition coefficient (Wildman–Crippen LogP) is 4.58. The van der Waals surface area contributed by atoms with Gasteiger partial charge in [0.05, 0.1) is 30.5 Å². The van der Waals surface area contributed by atoms with E-state index in [1.54, 1.807) is 23.1 Å². The van der Waals surface area contributed by atoms with Crippen LogP contribution in [0.15, 0.2) is 52.9 Å². The summed E-state index contributed by atoms with van der Waals surface area (Å²) in [4.78, 5) is 7.12. The highest BCUT2D eigenvalue weighted by molar-refractivity contribution is 7.71. The van der Waals surface area contributed by atoms with Crippen molar-refractivity contribution in [2.24, 2.45) is 0 Å². The lowest BCUT2D eigenvalue weighted by Crippen LogP contribution is -2.22. The number of aromatic nitrogens is 3. The van der Waals surface area contributed by atoms with Crippen molar-refractivity contribution in [1.82, 2.24) is 19.7 Å². The maximum absolute atomic E-state index is 5.66.